The first-order valence-corrected chi connectivity index (χ1v) is 9.36. The molecule has 1 aliphatic rings. The van der Waals surface area contributed by atoms with Gasteiger partial charge in [0.1, 0.15) is 17.2 Å². The smallest absolute Gasteiger partial charge is 0.416 e. The molecule has 9 heteroatoms. The summed E-state index contributed by atoms with van der Waals surface area (Å²) in [7, 11) is 3.04. The number of amides is 1. The fourth-order valence-electron chi connectivity index (χ4n) is 3.19. The van der Waals surface area contributed by atoms with Gasteiger partial charge in [-0.3, -0.25) is 4.79 Å². The molecule has 0 aromatic heterocycles. The number of benzene rings is 2. The summed E-state index contributed by atoms with van der Waals surface area (Å²) in [5, 5.41) is 0. The molecule has 6 nitrogen and oxygen atoms in total. The average molecular weight is 424 g/mol. The van der Waals surface area contributed by atoms with Gasteiger partial charge in [-0.2, -0.15) is 13.2 Å². The molecule has 1 fully saturated rings. The Kier molecular flexibility index (Phi) is 6.59. The van der Waals surface area contributed by atoms with Crippen LogP contribution in [0.4, 0.5) is 18.9 Å². The Hall–Kier alpha value is -3.10. The maximum atomic E-state index is 12.9. The molecule has 0 spiro atoms. The van der Waals surface area contributed by atoms with E-state index in [1.807, 2.05) is 4.90 Å². The van der Waals surface area contributed by atoms with Crippen molar-refractivity contribution in [1.29, 1.82) is 0 Å². The molecule has 1 saturated heterocycles. The van der Waals surface area contributed by atoms with Crippen molar-refractivity contribution >= 4 is 11.6 Å². The van der Waals surface area contributed by atoms with Gasteiger partial charge in [0.25, 0.3) is 5.91 Å². The minimum atomic E-state index is -4.38. The summed E-state index contributed by atoms with van der Waals surface area (Å²) < 4.78 is 54.7. The number of methoxy groups -OCH3 is 2. The van der Waals surface area contributed by atoms with Gasteiger partial charge in [-0.15, -0.1) is 0 Å². The Bertz CT molecular complexity index is 859. The Morgan fingerprint density at radius 3 is 2.10 bits per heavy atom. The first-order chi connectivity index (χ1) is 14.3. The third-order valence-corrected chi connectivity index (χ3v) is 4.86. The van der Waals surface area contributed by atoms with Gasteiger partial charge in [0.05, 0.1) is 19.8 Å². The molecule has 0 unspecified atom stereocenters. The maximum Gasteiger partial charge on any atom is 0.416 e. The molecule has 2 aromatic carbocycles. The molecule has 3 rings (SSSR count). The summed E-state index contributed by atoms with van der Waals surface area (Å²) in [5.41, 5.74) is -0.183. The summed E-state index contributed by atoms with van der Waals surface area (Å²) in [6, 6.07) is 10.2. The molecular formula is C21H23F3N2O4. The van der Waals surface area contributed by atoms with Gasteiger partial charge in [0, 0.05) is 50.1 Å². The van der Waals surface area contributed by atoms with Gasteiger partial charge in [0.15, 0.2) is 6.61 Å². The molecule has 1 amide bonds. The number of rotatable bonds is 6. The normalized spacial score (nSPS) is 14.4. The zero-order valence-corrected chi connectivity index (χ0v) is 16.7. The Morgan fingerprint density at radius 1 is 0.933 bits per heavy atom. The minimum absolute atomic E-state index is 0.153. The summed E-state index contributed by atoms with van der Waals surface area (Å²) in [6.45, 7) is 1.54. The summed E-state index contributed by atoms with van der Waals surface area (Å²) >= 11 is 0. The van der Waals surface area contributed by atoms with Crippen LogP contribution in [0, 0.1) is 0 Å². The second kappa shape index (κ2) is 9.15. The van der Waals surface area contributed by atoms with E-state index in [0.29, 0.717) is 49.1 Å². The largest absolute Gasteiger partial charge is 0.496 e. The molecule has 0 aliphatic carbocycles. The van der Waals surface area contributed by atoms with Crippen molar-refractivity contribution in [1.82, 2.24) is 4.90 Å². The van der Waals surface area contributed by atoms with E-state index in [1.165, 1.54) is 20.3 Å². The van der Waals surface area contributed by atoms with Crippen LogP contribution in [0.15, 0.2) is 42.5 Å². The van der Waals surface area contributed by atoms with E-state index in [-0.39, 0.29) is 12.5 Å². The van der Waals surface area contributed by atoms with E-state index < -0.39 is 11.7 Å². The van der Waals surface area contributed by atoms with Crippen molar-refractivity contribution in [3.63, 3.8) is 0 Å². The van der Waals surface area contributed by atoms with Crippen molar-refractivity contribution in [3.8, 4) is 17.2 Å². The van der Waals surface area contributed by atoms with E-state index in [4.69, 9.17) is 14.2 Å². The van der Waals surface area contributed by atoms with Crippen LogP contribution in [-0.4, -0.2) is 57.8 Å². The number of carbonyl (C=O) groups excluding carboxylic acids is 1. The van der Waals surface area contributed by atoms with Gasteiger partial charge in [-0.1, -0.05) is 6.07 Å². The van der Waals surface area contributed by atoms with Crippen molar-refractivity contribution in [2.75, 3.05) is 51.9 Å². The topological polar surface area (TPSA) is 51.2 Å². The predicted octanol–water partition coefficient (Wildman–Crippen LogP) is 3.45. The van der Waals surface area contributed by atoms with E-state index in [9.17, 15) is 18.0 Å². The monoisotopic (exact) mass is 424 g/mol. The highest BCUT2D eigenvalue weighted by atomic mass is 19.4. The molecular weight excluding hydrogens is 401 g/mol. The van der Waals surface area contributed by atoms with Gasteiger partial charge in [-0.05, 0) is 18.2 Å². The molecule has 1 heterocycles. The number of piperazine rings is 1. The van der Waals surface area contributed by atoms with Gasteiger partial charge >= 0.3 is 6.18 Å². The lowest BCUT2D eigenvalue weighted by Gasteiger charge is -2.36. The van der Waals surface area contributed by atoms with Crippen LogP contribution in [0.1, 0.15) is 5.56 Å². The van der Waals surface area contributed by atoms with Crippen LogP contribution in [0.3, 0.4) is 0 Å². The summed E-state index contributed by atoms with van der Waals surface area (Å²) in [6.07, 6.45) is -4.38. The molecule has 162 valence electrons. The lowest BCUT2D eigenvalue weighted by Crippen LogP contribution is -2.50. The van der Waals surface area contributed by atoms with Crippen molar-refractivity contribution < 1.29 is 32.2 Å². The molecule has 0 saturated carbocycles. The van der Waals surface area contributed by atoms with Crippen molar-refractivity contribution in [3.05, 3.63) is 48.0 Å². The van der Waals surface area contributed by atoms with Gasteiger partial charge < -0.3 is 24.0 Å². The molecule has 0 atom stereocenters. The van der Waals surface area contributed by atoms with E-state index in [0.717, 1.165) is 12.1 Å². The average Bonchev–Trinajstić information content (AvgIpc) is 2.76. The third-order valence-electron chi connectivity index (χ3n) is 4.86. The number of carbonyl (C=O) groups is 1. The number of nitrogens with zero attached hydrogens (tertiary/aromatic N) is 2. The Morgan fingerprint density at radius 2 is 1.53 bits per heavy atom. The van der Waals surface area contributed by atoms with Crippen LogP contribution in [0.5, 0.6) is 17.2 Å². The molecule has 2 aromatic rings. The molecule has 1 aliphatic heterocycles. The number of halogens is 3. The van der Waals surface area contributed by atoms with Crippen LogP contribution >= 0.6 is 0 Å². The highest BCUT2D eigenvalue weighted by Crippen LogP contribution is 2.32. The zero-order valence-electron chi connectivity index (χ0n) is 16.7. The first-order valence-electron chi connectivity index (χ1n) is 9.36. The minimum Gasteiger partial charge on any atom is -0.496 e. The van der Waals surface area contributed by atoms with Gasteiger partial charge in [-0.25, -0.2) is 0 Å². The highest BCUT2D eigenvalue weighted by Gasteiger charge is 2.31. The van der Waals surface area contributed by atoms with E-state index in [1.54, 1.807) is 29.2 Å². The van der Waals surface area contributed by atoms with E-state index >= 15 is 0 Å². The van der Waals surface area contributed by atoms with E-state index in [2.05, 4.69) is 0 Å². The number of ether oxygens (including phenoxy) is 3. The lowest BCUT2D eigenvalue weighted by molar-refractivity contribution is -0.137. The number of hydrogen-bond acceptors (Lipinski definition) is 5. The number of hydrogen-bond donors (Lipinski definition) is 0. The standard InChI is InChI=1S/C21H23F3N2O4/c1-28-17-11-18(29-2)13-19(12-17)30-14-20(27)26-8-6-25(7-9-26)16-5-3-4-15(10-16)21(22,23)24/h3-5,10-13H,6-9,14H2,1-2H3. The third kappa shape index (κ3) is 5.28. The van der Waals surface area contributed by atoms with Crippen molar-refractivity contribution in [2.24, 2.45) is 0 Å². The molecule has 0 radical (unpaired) electrons. The van der Waals surface area contributed by atoms with Gasteiger partial charge in [0.2, 0.25) is 0 Å². The number of alkyl halides is 3. The molecule has 0 bridgehead atoms. The highest BCUT2D eigenvalue weighted by molar-refractivity contribution is 5.78. The fraction of sp³-hybridized carbons (Fsp3) is 0.381. The summed E-state index contributed by atoms with van der Waals surface area (Å²) in [5.74, 6) is 1.35. The predicted molar refractivity (Wildman–Crippen MR) is 105 cm³/mol. The van der Waals surface area contributed by atoms with Crippen LogP contribution in [-0.2, 0) is 11.0 Å². The maximum absolute atomic E-state index is 12.9. The first kappa shape index (κ1) is 21.6. The second-order valence-electron chi connectivity index (χ2n) is 6.75. The lowest BCUT2D eigenvalue weighted by atomic mass is 10.1. The van der Waals surface area contributed by atoms with Crippen LogP contribution < -0.4 is 19.1 Å². The Balaban J connectivity index is 1.55. The SMILES string of the molecule is COc1cc(OC)cc(OCC(=O)N2CCN(c3cccc(C(F)(F)F)c3)CC2)c1. The molecule has 0 N–H and O–H groups in total. The quantitative estimate of drug-likeness (QED) is 0.711. The molecule has 30 heavy (non-hydrogen) atoms. The summed E-state index contributed by atoms with van der Waals surface area (Å²) in [4.78, 5) is 16.0. The van der Waals surface area contributed by atoms with Crippen molar-refractivity contribution in [2.45, 2.75) is 6.18 Å². The Labute approximate surface area is 172 Å². The number of anilines is 1. The second-order valence-corrected chi connectivity index (χ2v) is 6.75. The van der Waals surface area contributed by atoms with Crippen LogP contribution in [0.2, 0.25) is 0 Å². The zero-order chi connectivity index (χ0) is 21.7. The fourth-order valence-corrected chi connectivity index (χ4v) is 3.19. The van der Waals surface area contributed by atoms with Crippen LogP contribution in [0.25, 0.3) is 0 Å².